The van der Waals surface area contributed by atoms with E-state index >= 15 is 0 Å². The second-order valence-electron chi connectivity index (χ2n) is 6.03. The summed E-state index contributed by atoms with van der Waals surface area (Å²) in [5.41, 5.74) is 0.262. The fraction of sp³-hybridized carbons (Fsp3) is 0.105. The Morgan fingerprint density at radius 2 is 1.78 bits per heavy atom. The first-order valence-electron chi connectivity index (χ1n) is 8.06. The zero-order chi connectivity index (χ0) is 19.2. The van der Waals surface area contributed by atoms with E-state index in [0.29, 0.717) is 11.5 Å². The third-order valence-electron chi connectivity index (χ3n) is 4.11. The quantitative estimate of drug-likeness (QED) is 0.538. The molecule has 27 heavy (non-hydrogen) atoms. The van der Waals surface area contributed by atoms with Gasteiger partial charge in [0.1, 0.15) is 0 Å². The van der Waals surface area contributed by atoms with Gasteiger partial charge in [-0.2, -0.15) is 13.2 Å². The summed E-state index contributed by atoms with van der Waals surface area (Å²) in [4.78, 5) is 21.0. The van der Waals surface area contributed by atoms with Crippen LogP contribution >= 0.6 is 0 Å². The molecule has 0 fully saturated rings. The molecule has 0 amide bonds. The second-order valence-corrected chi connectivity index (χ2v) is 6.03. The molecule has 0 bridgehead atoms. The number of fused-ring (bicyclic) bond motifs is 1. The van der Waals surface area contributed by atoms with E-state index in [1.807, 2.05) is 30.3 Å². The summed E-state index contributed by atoms with van der Waals surface area (Å²) in [6.07, 6.45) is -1.85. The van der Waals surface area contributed by atoms with Crippen molar-refractivity contribution in [2.75, 3.05) is 0 Å². The molecule has 4 rings (SSSR count). The van der Waals surface area contributed by atoms with E-state index < -0.39 is 17.3 Å². The lowest BCUT2D eigenvalue weighted by atomic mass is 10.2. The van der Waals surface area contributed by atoms with E-state index in [0.717, 1.165) is 28.6 Å². The van der Waals surface area contributed by atoms with Crippen molar-refractivity contribution in [2.24, 2.45) is 0 Å². The molecular weight excluding hydrogens is 357 g/mol. The number of aryl methyl sites for hydroxylation is 1. The predicted octanol–water partition coefficient (Wildman–Crippen LogP) is 3.90. The topological polar surface area (TPSA) is 52.7 Å². The monoisotopic (exact) mass is 370 g/mol. The molecule has 8 heteroatoms. The van der Waals surface area contributed by atoms with Gasteiger partial charge in [0.2, 0.25) is 0 Å². The van der Waals surface area contributed by atoms with E-state index in [2.05, 4.69) is 9.97 Å². The third kappa shape index (κ3) is 2.99. The lowest BCUT2D eigenvalue weighted by Crippen LogP contribution is -2.27. The number of aromatic nitrogens is 4. The van der Waals surface area contributed by atoms with Gasteiger partial charge < -0.3 is 0 Å². The first-order valence-corrected chi connectivity index (χ1v) is 8.06. The van der Waals surface area contributed by atoms with E-state index in [-0.39, 0.29) is 11.0 Å². The summed E-state index contributed by atoms with van der Waals surface area (Å²) in [6.45, 7) is 1.75. The summed E-state index contributed by atoms with van der Waals surface area (Å²) < 4.78 is 42.1. The molecule has 5 nitrogen and oxygen atoms in total. The van der Waals surface area contributed by atoms with Crippen molar-refractivity contribution in [1.29, 1.82) is 0 Å². The maximum Gasteiger partial charge on any atom is 0.416 e. The summed E-state index contributed by atoms with van der Waals surface area (Å²) in [7, 11) is 0. The Bertz CT molecular complexity index is 1190. The number of hydrogen-bond acceptors (Lipinski definition) is 3. The van der Waals surface area contributed by atoms with Crippen LogP contribution in [-0.4, -0.2) is 19.3 Å². The van der Waals surface area contributed by atoms with Crippen LogP contribution in [0.1, 0.15) is 11.3 Å². The number of halogens is 3. The molecule has 0 atom stereocenters. The van der Waals surface area contributed by atoms with Gasteiger partial charge in [-0.25, -0.2) is 19.3 Å². The van der Waals surface area contributed by atoms with Crippen LogP contribution in [0.3, 0.4) is 0 Å². The van der Waals surface area contributed by atoms with Crippen molar-refractivity contribution in [3.63, 3.8) is 0 Å². The van der Waals surface area contributed by atoms with Crippen LogP contribution in [0.2, 0.25) is 0 Å². The molecule has 0 saturated heterocycles. The molecule has 2 aromatic carbocycles. The molecule has 2 aromatic heterocycles. The number of nitrogens with zero attached hydrogens (tertiary/aromatic N) is 4. The highest BCUT2D eigenvalue weighted by atomic mass is 19.4. The Morgan fingerprint density at radius 1 is 1.04 bits per heavy atom. The van der Waals surface area contributed by atoms with Gasteiger partial charge in [0.05, 0.1) is 34.7 Å². The lowest BCUT2D eigenvalue weighted by Gasteiger charge is -2.15. The molecule has 0 radical (unpaired) electrons. The highest BCUT2D eigenvalue weighted by Crippen LogP contribution is 2.31. The molecule has 0 unspecified atom stereocenters. The van der Waals surface area contributed by atoms with Crippen LogP contribution < -0.4 is 5.56 Å². The smallest absolute Gasteiger partial charge is 0.266 e. The molecule has 0 spiro atoms. The first-order chi connectivity index (χ1) is 12.8. The number of rotatable bonds is 2. The van der Waals surface area contributed by atoms with E-state index in [1.54, 1.807) is 13.1 Å². The Labute approximate surface area is 151 Å². The average molecular weight is 370 g/mol. The minimum absolute atomic E-state index is 0.0481. The summed E-state index contributed by atoms with van der Waals surface area (Å²) in [5, 5.41) is 0. The van der Waals surface area contributed by atoms with E-state index in [1.165, 1.54) is 10.7 Å². The van der Waals surface area contributed by atoms with E-state index in [9.17, 15) is 18.0 Å². The standard InChI is InChI=1S/C19H13F3N4O/c1-12-11-25(18(24-12)13-5-3-2-4-6-13)26-16-9-14(19(20,21)22)7-8-15(16)23-10-17(26)27/h2-11H,1H3. The van der Waals surface area contributed by atoms with Gasteiger partial charge in [0, 0.05) is 5.56 Å². The Kier molecular flexibility index (Phi) is 3.83. The molecule has 136 valence electrons. The highest BCUT2D eigenvalue weighted by Gasteiger charge is 2.31. The molecular formula is C19H13F3N4O. The maximum atomic E-state index is 13.2. The van der Waals surface area contributed by atoms with Crippen molar-refractivity contribution in [3.8, 4) is 11.4 Å². The molecule has 0 aliphatic carbocycles. The molecule has 0 aliphatic heterocycles. The van der Waals surface area contributed by atoms with Crippen molar-refractivity contribution >= 4 is 11.0 Å². The summed E-state index contributed by atoms with van der Waals surface area (Å²) >= 11 is 0. The first kappa shape index (κ1) is 17.0. The molecule has 0 saturated carbocycles. The highest BCUT2D eigenvalue weighted by molar-refractivity contribution is 5.76. The van der Waals surface area contributed by atoms with Gasteiger partial charge in [-0.1, -0.05) is 30.3 Å². The van der Waals surface area contributed by atoms with Crippen LogP contribution in [0.15, 0.2) is 65.7 Å². The Hall–Kier alpha value is -3.42. The Morgan fingerprint density at radius 3 is 2.48 bits per heavy atom. The van der Waals surface area contributed by atoms with Gasteiger partial charge in [-0.15, -0.1) is 0 Å². The van der Waals surface area contributed by atoms with Crippen molar-refractivity contribution in [2.45, 2.75) is 13.1 Å². The van der Waals surface area contributed by atoms with Crippen LogP contribution in [0.25, 0.3) is 22.4 Å². The largest absolute Gasteiger partial charge is 0.416 e. The van der Waals surface area contributed by atoms with Crippen molar-refractivity contribution in [3.05, 3.63) is 82.5 Å². The molecule has 0 N–H and O–H groups in total. The zero-order valence-electron chi connectivity index (χ0n) is 14.1. The predicted molar refractivity (Wildman–Crippen MR) is 94.2 cm³/mol. The van der Waals surface area contributed by atoms with Gasteiger partial charge >= 0.3 is 6.18 Å². The van der Waals surface area contributed by atoms with Gasteiger partial charge in [-0.3, -0.25) is 4.79 Å². The van der Waals surface area contributed by atoms with Crippen molar-refractivity contribution in [1.82, 2.24) is 19.3 Å². The fourth-order valence-electron chi connectivity index (χ4n) is 2.92. The van der Waals surface area contributed by atoms with Crippen LogP contribution in [-0.2, 0) is 6.18 Å². The van der Waals surface area contributed by atoms with E-state index in [4.69, 9.17) is 0 Å². The Balaban J connectivity index is 2.06. The summed E-state index contributed by atoms with van der Waals surface area (Å²) in [5.74, 6) is 0.445. The van der Waals surface area contributed by atoms with Gasteiger partial charge in [-0.05, 0) is 25.1 Å². The zero-order valence-corrected chi connectivity index (χ0v) is 14.1. The molecule has 0 aliphatic rings. The third-order valence-corrected chi connectivity index (χ3v) is 4.11. The van der Waals surface area contributed by atoms with Gasteiger partial charge in [0.15, 0.2) is 5.82 Å². The summed E-state index contributed by atoms with van der Waals surface area (Å²) in [6, 6.07) is 12.2. The SMILES string of the molecule is Cc1cn(-n2c(=O)cnc3ccc(C(F)(F)F)cc32)c(-c2ccccc2)n1. The van der Waals surface area contributed by atoms with Crippen molar-refractivity contribution < 1.29 is 13.2 Å². The lowest BCUT2D eigenvalue weighted by molar-refractivity contribution is -0.137. The average Bonchev–Trinajstić information content (AvgIpc) is 3.02. The van der Waals surface area contributed by atoms with Crippen LogP contribution in [0.4, 0.5) is 13.2 Å². The normalized spacial score (nSPS) is 11.9. The van der Waals surface area contributed by atoms with Crippen LogP contribution in [0.5, 0.6) is 0 Å². The second kappa shape index (κ2) is 6.08. The fourth-order valence-corrected chi connectivity index (χ4v) is 2.92. The minimum Gasteiger partial charge on any atom is -0.266 e. The molecule has 2 heterocycles. The number of hydrogen-bond donors (Lipinski definition) is 0. The minimum atomic E-state index is -4.53. The van der Waals surface area contributed by atoms with Crippen LogP contribution in [0, 0.1) is 6.92 Å². The van der Waals surface area contributed by atoms with Gasteiger partial charge in [0.25, 0.3) is 5.56 Å². The maximum absolute atomic E-state index is 13.2. The number of imidazole rings is 1. The number of alkyl halides is 3. The molecule has 4 aromatic rings. The number of benzene rings is 2.